The monoisotopic (exact) mass is 460 g/mol. The van der Waals surface area contributed by atoms with Crippen LogP contribution < -0.4 is 10.6 Å². The van der Waals surface area contributed by atoms with Crippen molar-refractivity contribution in [3.05, 3.63) is 35.9 Å². The van der Waals surface area contributed by atoms with E-state index in [4.69, 9.17) is 0 Å². The molecule has 25 heavy (non-hydrogen) atoms. The summed E-state index contributed by atoms with van der Waals surface area (Å²) in [6.45, 7) is 6.05. The van der Waals surface area contributed by atoms with Gasteiger partial charge in [0.2, 0.25) is 0 Å². The molecule has 0 aliphatic heterocycles. The van der Waals surface area contributed by atoms with Gasteiger partial charge in [0.25, 0.3) is 0 Å². The summed E-state index contributed by atoms with van der Waals surface area (Å²) in [6.07, 6.45) is 7.44. The Balaban J connectivity index is 0.00000576. The Bertz CT molecular complexity index is 435. The molecule has 1 rings (SSSR count). The molecule has 4 nitrogen and oxygen atoms in total. The zero-order valence-corrected chi connectivity index (χ0v) is 18.6. The number of halogens is 1. The van der Waals surface area contributed by atoms with Crippen LogP contribution in [0, 0.1) is 0 Å². The first kappa shape index (κ1) is 24.2. The number of unbranched alkanes of at least 4 members (excludes halogenated alkanes) is 4. The van der Waals surface area contributed by atoms with Crippen LogP contribution in [0.15, 0.2) is 35.3 Å². The quantitative estimate of drug-likeness (QED) is 0.215. The highest BCUT2D eigenvalue weighted by Crippen LogP contribution is 2.03. The maximum Gasteiger partial charge on any atom is 0.191 e. The van der Waals surface area contributed by atoms with Gasteiger partial charge in [-0.05, 0) is 52.4 Å². The maximum atomic E-state index is 4.68. The van der Waals surface area contributed by atoms with Gasteiger partial charge in [0.15, 0.2) is 5.96 Å². The zero-order chi connectivity index (χ0) is 17.5. The molecule has 5 heteroatoms. The van der Waals surface area contributed by atoms with E-state index in [2.05, 4.69) is 71.9 Å². The standard InChI is InChI=1S/C20H36N4.HI/c1-4-21-20(23-17-15-19-13-9-8-10-14-19)22-16-11-6-5-7-12-18-24(2)3;/h8-10,13-14H,4-7,11-12,15-18H2,1-3H3,(H2,21,22,23);1H. The summed E-state index contributed by atoms with van der Waals surface area (Å²) < 4.78 is 0. The predicted octanol–water partition coefficient (Wildman–Crippen LogP) is 3.91. The molecule has 0 bridgehead atoms. The average Bonchev–Trinajstić information content (AvgIpc) is 2.58. The highest BCUT2D eigenvalue weighted by Gasteiger charge is 1.98. The lowest BCUT2D eigenvalue weighted by Crippen LogP contribution is -2.38. The van der Waals surface area contributed by atoms with E-state index < -0.39 is 0 Å². The normalized spacial score (nSPS) is 11.3. The Morgan fingerprint density at radius 3 is 2.32 bits per heavy atom. The minimum absolute atomic E-state index is 0. The number of benzene rings is 1. The third kappa shape index (κ3) is 14.1. The van der Waals surface area contributed by atoms with Crippen LogP contribution in [0.1, 0.15) is 44.6 Å². The molecule has 0 aliphatic rings. The van der Waals surface area contributed by atoms with Crippen molar-refractivity contribution in [2.24, 2.45) is 4.99 Å². The fourth-order valence-electron chi connectivity index (χ4n) is 2.57. The Hall–Kier alpha value is -0.820. The molecule has 0 unspecified atom stereocenters. The third-order valence-corrected chi connectivity index (χ3v) is 3.93. The van der Waals surface area contributed by atoms with Crippen molar-refractivity contribution in [3.63, 3.8) is 0 Å². The molecule has 2 N–H and O–H groups in total. The molecule has 0 fully saturated rings. The van der Waals surface area contributed by atoms with Crippen LogP contribution in [0.3, 0.4) is 0 Å². The second-order valence-corrected chi connectivity index (χ2v) is 6.49. The highest BCUT2D eigenvalue weighted by atomic mass is 127. The summed E-state index contributed by atoms with van der Waals surface area (Å²) in [4.78, 5) is 6.93. The van der Waals surface area contributed by atoms with Crippen LogP contribution in [0.25, 0.3) is 0 Å². The lowest BCUT2D eigenvalue weighted by molar-refractivity contribution is 0.390. The number of rotatable bonds is 12. The minimum Gasteiger partial charge on any atom is -0.357 e. The van der Waals surface area contributed by atoms with Gasteiger partial charge in [0.1, 0.15) is 0 Å². The SMILES string of the molecule is CCNC(=NCCCCCCCN(C)C)NCCc1ccccc1.I. The van der Waals surface area contributed by atoms with Crippen molar-refractivity contribution in [2.45, 2.75) is 45.4 Å². The number of hydrogen-bond acceptors (Lipinski definition) is 2. The smallest absolute Gasteiger partial charge is 0.191 e. The number of hydrogen-bond donors (Lipinski definition) is 2. The van der Waals surface area contributed by atoms with Crippen LogP contribution >= 0.6 is 24.0 Å². The molecule has 1 aromatic rings. The van der Waals surface area contributed by atoms with Crippen LogP contribution in [-0.4, -0.2) is 51.1 Å². The highest BCUT2D eigenvalue weighted by molar-refractivity contribution is 14.0. The minimum atomic E-state index is 0. The Morgan fingerprint density at radius 2 is 1.64 bits per heavy atom. The Kier molecular flexibility index (Phi) is 16.1. The van der Waals surface area contributed by atoms with Crippen molar-refractivity contribution in [2.75, 3.05) is 40.3 Å². The van der Waals surface area contributed by atoms with Gasteiger partial charge in [-0.3, -0.25) is 4.99 Å². The van der Waals surface area contributed by atoms with E-state index in [1.54, 1.807) is 0 Å². The number of guanidine groups is 1. The van der Waals surface area contributed by atoms with Gasteiger partial charge in [0, 0.05) is 19.6 Å². The van der Waals surface area contributed by atoms with Crippen LogP contribution in [0.4, 0.5) is 0 Å². The molecule has 0 radical (unpaired) electrons. The summed E-state index contributed by atoms with van der Waals surface area (Å²) in [5.74, 6) is 0.945. The number of nitrogens with one attached hydrogen (secondary N) is 2. The van der Waals surface area contributed by atoms with Gasteiger partial charge in [-0.15, -0.1) is 24.0 Å². The van der Waals surface area contributed by atoms with Crippen molar-refractivity contribution in [3.8, 4) is 0 Å². The second-order valence-electron chi connectivity index (χ2n) is 6.49. The summed E-state index contributed by atoms with van der Waals surface area (Å²) in [5, 5.41) is 6.75. The summed E-state index contributed by atoms with van der Waals surface area (Å²) in [6, 6.07) is 10.6. The van der Waals surface area contributed by atoms with E-state index in [0.29, 0.717) is 0 Å². The van der Waals surface area contributed by atoms with Crippen LogP contribution in [-0.2, 0) is 6.42 Å². The lowest BCUT2D eigenvalue weighted by Gasteiger charge is -2.11. The zero-order valence-electron chi connectivity index (χ0n) is 16.3. The van der Waals surface area contributed by atoms with Gasteiger partial charge < -0.3 is 15.5 Å². The molecule has 0 spiro atoms. The molecule has 0 saturated heterocycles. The molecule has 1 aromatic carbocycles. The van der Waals surface area contributed by atoms with Gasteiger partial charge in [0.05, 0.1) is 0 Å². The fourth-order valence-corrected chi connectivity index (χ4v) is 2.57. The van der Waals surface area contributed by atoms with E-state index in [-0.39, 0.29) is 24.0 Å². The van der Waals surface area contributed by atoms with Crippen LogP contribution in [0.5, 0.6) is 0 Å². The summed E-state index contributed by atoms with van der Waals surface area (Å²) >= 11 is 0. The average molecular weight is 460 g/mol. The van der Waals surface area contributed by atoms with Crippen molar-refractivity contribution < 1.29 is 0 Å². The molecule has 0 atom stereocenters. The molecule has 0 aliphatic carbocycles. The fraction of sp³-hybridized carbons (Fsp3) is 0.650. The van der Waals surface area contributed by atoms with Crippen LogP contribution in [0.2, 0.25) is 0 Å². The molecule has 144 valence electrons. The largest absolute Gasteiger partial charge is 0.357 e. The van der Waals surface area contributed by atoms with Crippen molar-refractivity contribution in [1.82, 2.24) is 15.5 Å². The van der Waals surface area contributed by atoms with Gasteiger partial charge in [-0.2, -0.15) is 0 Å². The Labute approximate surface area is 171 Å². The molecule has 0 saturated carbocycles. The number of aliphatic imine (C=N–C) groups is 1. The van der Waals surface area contributed by atoms with Crippen molar-refractivity contribution in [1.29, 1.82) is 0 Å². The first-order chi connectivity index (χ1) is 11.7. The van der Waals surface area contributed by atoms with Gasteiger partial charge in [-0.25, -0.2) is 0 Å². The topological polar surface area (TPSA) is 39.7 Å². The van der Waals surface area contributed by atoms with Gasteiger partial charge in [-0.1, -0.05) is 49.6 Å². The molecular weight excluding hydrogens is 423 g/mol. The third-order valence-electron chi connectivity index (χ3n) is 3.93. The van der Waals surface area contributed by atoms with Crippen molar-refractivity contribution >= 4 is 29.9 Å². The molecule has 0 amide bonds. The number of nitrogens with zero attached hydrogens (tertiary/aromatic N) is 2. The van der Waals surface area contributed by atoms with E-state index in [0.717, 1.165) is 32.0 Å². The molecule has 0 aromatic heterocycles. The summed E-state index contributed by atoms with van der Waals surface area (Å²) in [7, 11) is 4.28. The Morgan fingerprint density at radius 1 is 0.960 bits per heavy atom. The van der Waals surface area contributed by atoms with E-state index in [1.807, 2.05) is 0 Å². The summed E-state index contributed by atoms with van der Waals surface area (Å²) in [5.41, 5.74) is 1.36. The van der Waals surface area contributed by atoms with E-state index in [9.17, 15) is 0 Å². The predicted molar refractivity (Wildman–Crippen MR) is 121 cm³/mol. The molecule has 0 heterocycles. The first-order valence-electron chi connectivity index (χ1n) is 9.43. The van der Waals surface area contributed by atoms with Gasteiger partial charge >= 0.3 is 0 Å². The lowest BCUT2D eigenvalue weighted by atomic mass is 10.1. The molecular formula is C20H37IN4. The second kappa shape index (κ2) is 16.6. The van der Waals surface area contributed by atoms with E-state index >= 15 is 0 Å². The maximum absolute atomic E-state index is 4.68. The van der Waals surface area contributed by atoms with E-state index in [1.165, 1.54) is 44.2 Å². The first-order valence-corrected chi connectivity index (χ1v) is 9.43.